The first kappa shape index (κ1) is 35.2. The Kier molecular flexibility index (Phi) is 18.1. The average Bonchev–Trinajstić information content (AvgIpc) is 3.00. The summed E-state index contributed by atoms with van der Waals surface area (Å²) in [5.74, 6) is 1.89. The third kappa shape index (κ3) is 14.7. The number of carbonyl (C=O) groups excluding carboxylic acids is 1. The number of aliphatic hydroxyl groups excluding tert-OH is 1. The van der Waals surface area contributed by atoms with Crippen LogP contribution in [-0.2, 0) is 16.1 Å². The fourth-order valence-corrected chi connectivity index (χ4v) is 4.80. The molecular weight excluding hydrogens is 530 g/mol. The summed E-state index contributed by atoms with van der Waals surface area (Å²) in [5.41, 5.74) is 0.931. The first-order valence-corrected chi connectivity index (χ1v) is 15.6. The minimum absolute atomic E-state index is 0.128. The Morgan fingerprint density at radius 2 is 1.33 bits per heavy atom. The summed E-state index contributed by atoms with van der Waals surface area (Å²) in [5, 5.41) is 14.2. The Hall–Kier alpha value is -3.03. The molecule has 234 valence electrons. The van der Waals surface area contributed by atoms with Gasteiger partial charge in [-0.25, -0.2) is 0 Å². The predicted molar refractivity (Wildman–Crippen MR) is 169 cm³/mol. The lowest BCUT2D eigenvalue weighted by Crippen LogP contribution is -2.52. The summed E-state index contributed by atoms with van der Waals surface area (Å²) < 4.78 is 22.7. The van der Waals surface area contributed by atoms with Gasteiger partial charge in [0, 0.05) is 6.92 Å². The molecule has 3 atom stereocenters. The summed E-state index contributed by atoms with van der Waals surface area (Å²) >= 11 is 0. The number of aliphatic hydroxyl groups is 1. The molecule has 0 unspecified atom stereocenters. The van der Waals surface area contributed by atoms with Crippen molar-refractivity contribution in [2.75, 3.05) is 20.8 Å². The molecule has 0 bridgehead atoms. The van der Waals surface area contributed by atoms with Crippen molar-refractivity contribution >= 4 is 5.91 Å². The van der Waals surface area contributed by atoms with E-state index in [-0.39, 0.29) is 19.1 Å². The number of hydrogen-bond donors (Lipinski definition) is 2. The molecule has 2 N–H and O–H groups in total. The lowest BCUT2D eigenvalue weighted by Gasteiger charge is -2.30. The van der Waals surface area contributed by atoms with E-state index in [0.29, 0.717) is 5.75 Å². The second kappa shape index (κ2) is 21.6. The average molecular weight is 584 g/mol. The SMILES string of the molecule is CCCCCCCCCCCC/C=C/[C@H](O)[C@@H](OCc1ccc(OC)cc1)[C@@H](COc1ccc(OC)cc1)NC(C)=O. The van der Waals surface area contributed by atoms with Crippen molar-refractivity contribution in [2.45, 2.75) is 109 Å². The maximum Gasteiger partial charge on any atom is 0.217 e. The number of amides is 1. The Bertz CT molecular complexity index is 992. The van der Waals surface area contributed by atoms with Gasteiger partial charge in [-0.3, -0.25) is 4.79 Å². The quantitative estimate of drug-likeness (QED) is 0.105. The topological polar surface area (TPSA) is 86.2 Å². The molecule has 0 spiro atoms. The number of methoxy groups -OCH3 is 2. The van der Waals surface area contributed by atoms with Crippen LogP contribution < -0.4 is 19.5 Å². The van der Waals surface area contributed by atoms with Crippen molar-refractivity contribution < 1.29 is 28.8 Å². The van der Waals surface area contributed by atoms with Crippen molar-refractivity contribution in [1.82, 2.24) is 5.32 Å². The van der Waals surface area contributed by atoms with Crippen molar-refractivity contribution in [1.29, 1.82) is 0 Å². The first-order chi connectivity index (χ1) is 20.5. The molecule has 1 amide bonds. The number of unbranched alkanes of at least 4 members (excludes halogenated alkanes) is 10. The van der Waals surface area contributed by atoms with Crippen LogP contribution in [0, 0.1) is 0 Å². The number of ether oxygens (including phenoxy) is 4. The van der Waals surface area contributed by atoms with Crippen LogP contribution in [0.25, 0.3) is 0 Å². The molecule has 0 fully saturated rings. The van der Waals surface area contributed by atoms with Gasteiger partial charge in [-0.2, -0.15) is 0 Å². The molecule has 2 aromatic rings. The largest absolute Gasteiger partial charge is 0.497 e. The van der Waals surface area contributed by atoms with Crippen LogP contribution in [-0.4, -0.2) is 50.1 Å². The molecular formula is C35H53NO6. The van der Waals surface area contributed by atoms with Gasteiger partial charge in [-0.05, 0) is 54.8 Å². The zero-order chi connectivity index (χ0) is 30.4. The standard InChI is InChI=1S/C35H53NO6/c1-5-6-7-8-9-10-11-12-13-14-15-16-17-34(38)35(42-26-29-18-20-30(39-3)21-19-29)33(36-28(2)37)27-41-32-24-22-31(40-4)23-25-32/h16-25,33-35,38H,5-15,26-27H2,1-4H3,(H,36,37)/b17-16+/t33-,34+,35+/m1/s1. The Morgan fingerprint density at radius 1 is 0.810 bits per heavy atom. The molecule has 7 heteroatoms. The zero-order valence-corrected chi connectivity index (χ0v) is 26.2. The maximum atomic E-state index is 12.1. The Morgan fingerprint density at radius 3 is 1.88 bits per heavy atom. The third-order valence-electron chi connectivity index (χ3n) is 7.27. The lowest BCUT2D eigenvalue weighted by atomic mass is 10.0. The number of rotatable bonds is 23. The second-order valence-corrected chi connectivity index (χ2v) is 10.8. The van der Waals surface area contributed by atoms with Gasteiger partial charge in [0.05, 0.1) is 26.9 Å². The van der Waals surface area contributed by atoms with E-state index in [2.05, 4.69) is 12.2 Å². The Balaban J connectivity index is 1.96. The molecule has 0 aliphatic carbocycles. The van der Waals surface area contributed by atoms with Gasteiger partial charge in [0.25, 0.3) is 0 Å². The molecule has 0 radical (unpaired) electrons. The normalized spacial score (nSPS) is 13.5. The van der Waals surface area contributed by atoms with E-state index in [1.54, 1.807) is 32.4 Å². The molecule has 0 aromatic heterocycles. The molecule has 0 saturated carbocycles. The van der Waals surface area contributed by atoms with Crippen LogP contribution in [0.4, 0.5) is 0 Å². The summed E-state index contributed by atoms with van der Waals surface area (Å²) in [6, 6.07) is 14.2. The number of carbonyl (C=O) groups is 1. The molecule has 0 saturated heterocycles. The summed E-state index contributed by atoms with van der Waals surface area (Å²) in [4.78, 5) is 12.1. The van der Waals surface area contributed by atoms with Gasteiger partial charge in [-0.15, -0.1) is 0 Å². The smallest absolute Gasteiger partial charge is 0.217 e. The molecule has 0 aliphatic rings. The van der Waals surface area contributed by atoms with E-state index in [1.165, 1.54) is 64.7 Å². The number of allylic oxidation sites excluding steroid dienone is 1. The van der Waals surface area contributed by atoms with Gasteiger partial charge < -0.3 is 29.4 Å². The van der Waals surface area contributed by atoms with Crippen molar-refractivity contribution in [3.8, 4) is 17.2 Å². The zero-order valence-electron chi connectivity index (χ0n) is 26.2. The van der Waals surface area contributed by atoms with Gasteiger partial charge in [-0.1, -0.05) is 89.0 Å². The lowest BCUT2D eigenvalue weighted by molar-refractivity contribution is -0.123. The number of benzene rings is 2. The first-order valence-electron chi connectivity index (χ1n) is 15.6. The van der Waals surface area contributed by atoms with Crippen LogP contribution in [0.15, 0.2) is 60.7 Å². The second-order valence-electron chi connectivity index (χ2n) is 10.8. The fraction of sp³-hybridized carbons (Fsp3) is 0.571. The van der Waals surface area contributed by atoms with E-state index >= 15 is 0 Å². The summed E-state index contributed by atoms with van der Waals surface area (Å²) in [6.07, 6.45) is 15.9. The molecule has 2 rings (SSSR count). The van der Waals surface area contributed by atoms with Gasteiger partial charge >= 0.3 is 0 Å². The van der Waals surface area contributed by atoms with Crippen molar-refractivity contribution in [2.24, 2.45) is 0 Å². The van der Waals surface area contributed by atoms with E-state index in [0.717, 1.165) is 29.9 Å². The van der Waals surface area contributed by atoms with Crippen LogP contribution in [0.2, 0.25) is 0 Å². The summed E-state index contributed by atoms with van der Waals surface area (Å²) in [6.45, 7) is 4.09. The minimum Gasteiger partial charge on any atom is -0.497 e. The third-order valence-corrected chi connectivity index (χ3v) is 7.27. The van der Waals surface area contributed by atoms with Crippen LogP contribution >= 0.6 is 0 Å². The van der Waals surface area contributed by atoms with Gasteiger partial charge in [0.1, 0.15) is 36.1 Å². The van der Waals surface area contributed by atoms with E-state index in [4.69, 9.17) is 18.9 Å². The van der Waals surface area contributed by atoms with Crippen molar-refractivity contribution in [3.05, 3.63) is 66.2 Å². The van der Waals surface area contributed by atoms with Crippen LogP contribution in [0.5, 0.6) is 17.2 Å². The van der Waals surface area contributed by atoms with Gasteiger partial charge in [0.15, 0.2) is 0 Å². The predicted octanol–water partition coefficient (Wildman–Crippen LogP) is 7.40. The van der Waals surface area contributed by atoms with Gasteiger partial charge in [0.2, 0.25) is 5.91 Å². The highest BCUT2D eigenvalue weighted by molar-refractivity contribution is 5.73. The highest BCUT2D eigenvalue weighted by atomic mass is 16.5. The molecule has 7 nitrogen and oxygen atoms in total. The molecule has 2 aromatic carbocycles. The van der Waals surface area contributed by atoms with E-state index in [1.807, 2.05) is 42.5 Å². The molecule has 42 heavy (non-hydrogen) atoms. The Labute approximate surface area is 253 Å². The van der Waals surface area contributed by atoms with Crippen LogP contribution in [0.1, 0.15) is 90.0 Å². The fourth-order valence-electron chi connectivity index (χ4n) is 4.80. The van der Waals surface area contributed by atoms with Crippen molar-refractivity contribution in [3.63, 3.8) is 0 Å². The minimum atomic E-state index is -0.928. The number of nitrogens with one attached hydrogen (secondary N) is 1. The van der Waals surface area contributed by atoms with E-state index < -0.39 is 18.2 Å². The summed E-state index contributed by atoms with van der Waals surface area (Å²) in [7, 11) is 3.24. The van der Waals surface area contributed by atoms with Crippen LogP contribution in [0.3, 0.4) is 0 Å². The van der Waals surface area contributed by atoms with E-state index in [9.17, 15) is 9.90 Å². The monoisotopic (exact) mass is 583 g/mol. The highest BCUT2D eigenvalue weighted by Gasteiger charge is 2.30. The molecule has 0 aliphatic heterocycles. The number of hydrogen-bond acceptors (Lipinski definition) is 6. The highest BCUT2D eigenvalue weighted by Crippen LogP contribution is 2.20. The molecule has 0 heterocycles. The maximum absolute atomic E-state index is 12.1.